The first-order valence-electron chi connectivity index (χ1n) is 5.29. The third kappa shape index (κ3) is 5.64. The quantitative estimate of drug-likeness (QED) is 0.764. The Labute approximate surface area is 106 Å². The first-order chi connectivity index (χ1) is 7.72. The van der Waals surface area contributed by atoms with Crippen LogP contribution in [0.1, 0.15) is 6.92 Å². The zero-order valence-electron chi connectivity index (χ0n) is 9.36. The van der Waals surface area contributed by atoms with Crippen molar-refractivity contribution in [1.82, 2.24) is 0 Å². The Hall–Kier alpha value is -0.380. The number of halogens is 1. The van der Waals surface area contributed by atoms with Gasteiger partial charge in [0, 0.05) is 17.4 Å². The molecular weight excluding hydrogens is 244 g/mol. The lowest BCUT2D eigenvalue weighted by atomic mass is 10.2. The van der Waals surface area contributed by atoms with Crippen LogP contribution in [0.5, 0.6) is 5.75 Å². The largest absolute Gasteiger partial charge is 0.493 e. The molecular formula is C12H17ClO2S. The van der Waals surface area contributed by atoms with Crippen LogP contribution in [-0.4, -0.2) is 29.8 Å². The second kappa shape index (κ2) is 7.82. The summed E-state index contributed by atoms with van der Waals surface area (Å²) in [6, 6.07) is 7.40. The molecule has 0 bridgehead atoms. The molecule has 0 aliphatic heterocycles. The molecule has 4 heteroatoms. The molecule has 0 radical (unpaired) electrons. The summed E-state index contributed by atoms with van der Waals surface area (Å²) in [7, 11) is 0. The van der Waals surface area contributed by atoms with Crippen LogP contribution >= 0.6 is 23.4 Å². The van der Waals surface area contributed by atoms with Crippen molar-refractivity contribution in [2.24, 2.45) is 5.92 Å². The van der Waals surface area contributed by atoms with Crippen molar-refractivity contribution in [2.75, 3.05) is 24.7 Å². The zero-order valence-corrected chi connectivity index (χ0v) is 10.9. The molecule has 0 saturated carbocycles. The van der Waals surface area contributed by atoms with E-state index in [1.807, 2.05) is 31.2 Å². The predicted octanol–water partition coefficient (Wildman–Crippen LogP) is 3.08. The summed E-state index contributed by atoms with van der Waals surface area (Å²) in [5, 5.41) is 9.53. The highest BCUT2D eigenvalue weighted by Crippen LogP contribution is 2.17. The van der Waals surface area contributed by atoms with E-state index < -0.39 is 0 Å². The molecule has 0 amide bonds. The molecule has 1 atom stereocenters. The van der Waals surface area contributed by atoms with Crippen LogP contribution < -0.4 is 4.74 Å². The average Bonchev–Trinajstić information content (AvgIpc) is 2.28. The summed E-state index contributed by atoms with van der Waals surface area (Å²) < 4.78 is 5.53. The second-order valence-electron chi connectivity index (χ2n) is 3.67. The van der Waals surface area contributed by atoms with E-state index in [0.29, 0.717) is 17.5 Å². The number of benzene rings is 1. The SMILES string of the molecule is CC(CO)CSCCOc1cccc(Cl)c1. The topological polar surface area (TPSA) is 29.5 Å². The Bertz CT molecular complexity index is 307. The molecule has 1 unspecified atom stereocenters. The van der Waals surface area contributed by atoms with Gasteiger partial charge < -0.3 is 9.84 Å². The van der Waals surface area contributed by atoms with E-state index in [0.717, 1.165) is 17.3 Å². The van der Waals surface area contributed by atoms with E-state index in [9.17, 15) is 0 Å². The van der Waals surface area contributed by atoms with Gasteiger partial charge in [-0.1, -0.05) is 24.6 Å². The van der Waals surface area contributed by atoms with Gasteiger partial charge in [0.1, 0.15) is 5.75 Å². The summed E-state index contributed by atoms with van der Waals surface area (Å²) in [6.07, 6.45) is 0. The Kier molecular flexibility index (Phi) is 6.69. The molecule has 16 heavy (non-hydrogen) atoms. The highest BCUT2D eigenvalue weighted by Gasteiger charge is 2.00. The molecule has 90 valence electrons. The average molecular weight is 261 g/mol. The van der Waals surface area contributed by atoms with Crippen LogP contribution in [0.4, 0.5) is 0 Å². The summed E-state index contributed by atoms with van der Waals surface area (Å²) in [5.74, 6) is 3.06. The van der Waals surface area contributed by atoms with Crippen molar-refractivity contribution in [1.29, 1.82) is 0 Å². The predicted molar refractivity (Wildman–Crippen MR) is 70.5 cm³/mol. The molecule has 1 aromatic rings. The lowest BCUT2D eigenvalue weighted by molar-refractivity contribution is 0.250. The lowest BCUT2D eigenvalue weighted by Gasteiger charge is -2.08. The number of hydrogen-bond acceptors (Lipinski definition) is 3. The van der Waals surface area contributed by atoms with Gasteiger partial charge in [-0.3, -0.25) is 0 Å². The molecule has 0 fully saturated rings. The molecule has 1 aromatic carbocycles. The van der Waals surface area contributed by atoms with Gasteiger partial charge in [0.05, 0.1) is 6.61 Å². The molecule has 0 aliphatic rings. The number of ether oxygens (including phenoxy) is 1. The minimum absolute atomic E-state index is 0.252. The van der Waals surface area contributed by atoms with Crippen LogP contribution in [-0.2, 0) is 0 Å². The van der Waals surface area contributed by atoms with E-state index in [1.165, 1.54) is 0 Å². The van der Waals surface area contributed by atoms with Gasteiger partial charge in [-0.15, -0.1) is 0 Å². The lowest BCUT2D eigenvalue weighted by Crippen LogP contribution is -2.06. The molecule has 1 rings (SSSR count). The Morgan fingerprint density at radius 2 is 2.31 bits per heavy atom. The maximum atomic E-state index is 8.84. The maximum Gasteiger partial charge on any atom is 0.120 e. The van der Waals surface area contributed by atoms with Crippen molar-refractivity contribution < 1.29 is 9.84 Å². The number of thioether (sulfide) groups is 1. The summed E-state index contributed by atoms with van der Waals surface area (Å²) in [5.41, 5.74) is 0. The van der Waals surface area contributed by atoms with Gasteiger partial charge in [-0.25, -0.2) is 0 Å². The van der Waals surface area contributed by atoms with Crippen molar-refractivity contribution in [3.8, 4) is 5.75 Å². The molecule has 0 heterocycles. The Morgan fingerprint density at radius 1 is 1.50 bits per heavy atom. The second-order valence-corrected chi connectivity index (χ2v) is 5.25. The van der Waals surface area contributed by atoms with Crippen LogP contribution in [0.25, 0.3) is 0 Å². The number of aliphatic hydroxyl groups is 1. The fraction of sp³-hybridized carbons (Fsp3) is 0.500. The van der Waals surface area contributed by atoms with Gasteiger partial charge in [0.2, 0.25) is 0 Å². The summed E-state index contributed by atoms with van der Waals surface area (Å²) >= 11 is 7.62. The van der Waals surface area contributed by atoms with Crippen molar-refractivity contribution in [2.45, 2.75) is 6.92 Å². The smallest absolute Gasteiger partial charge is 0.120 e. The fourth-order valence-corrected chi connectivity index (χ4v) is 2.17. The first kappa shape index (κ1) is 13.7. The third-order valence-electron chi connectivity index (χ3n) is 2.01. The number of rotatable bonds is 7. The normalized spacial score (nSPS) is 12.4. The van der Waals surface area contributed by atoms with Crippen LogP contribution in [0.3, 0.4) is 0 Å². The minimum atomic E-state index is 0.252. The molecule has 0 aromatic heterocycles. The fourth-order valence-electron chi connectivity index (χ4n) is 1.11. The standard InChI is InChI=1S/C12H17ClO2S/c1-10(8-14)9-16-6-5-15-12-4-2-3-11(13)7-12/h2-4,7,10,14H,5-6,8-9H2,1H3. The molecule has 2 nitrogen and oxygen atoms in total. The molecule has 0 aliphatic carbocycles. The van der Waals surface area contributed by atoms with Crippen molar-refractivity contribution >= 4 is 23.4 Å². The number of hydrogen-bond donors (Lipinski definition) is 1. The molecule has 0 saturated heterocycles. The summed E-state index contributed by atoms with van der Waals surface area (Å²) in [4.78, 5) is 0. The van der Waals surface area contributed by atoms with Crippen LogP contribution in [0.15, 0.2) is 24.3 Å². The van der Waals surface area contributed by atoms with Crippen molar-refractivity contribution in [3.63, 3.8) is 0 Å². The number of aliphatic hydroxyl groups excluding tert-OH is 1. The monoisotopic (exact) mass is 260 g/mol. The van der Waals surface area contributed by atoms with E-state index in [1.54, 1.807) is 11.8 Å². The van der Waals surface area contributed by atoms with E-state index >= 15 is 0 Å². The Morgan fingerprint density at radius 3 is 3.00 bits per heavy atom. The van der Waals surface area contributed by atoms with Gasteiger partial charge in [0.25, 0.3) is 0 Å². The van der Waals surface area contributed by atoms with Gasteiger partial charge >= 0.3 is 0 Å². The molecule has 0 spiro atoms. The van der Waals surface area contributed by atoms with E-state index in [2.05, 4.69) is 0 Å². The van der Waals surface area contributed by atoms with Gasteiger partial charge in [-0.2, -0.15) is 11.8 Å². The van der Waals surface area contributed by atoms with E-state index in [4.69, 9.17) is 21.4 Å². The van der Waals surface area contributed by atoms with E-state index in [-0.39, 0.29) is 6.61 Å². The third-order valence-corrected chi connectivity index (χ3v) is 3.50. The summed E-state index contributed by atoms with van der Waals surface area (Å²) in [6.45, 7) is 2.95. The maximum absolute atomic E-state index is 8.84. The van der Waals surface area contributed by atoms with Crippen LogP contribution in [0.2, 0.25) is 5.02 Å². The van der Waals surface area contributed by atoms with Crippen molar-refractivity contribution in [3.05, 3.63) is 29.3 Å². The highest BCUT2D eigenvalue weighted by atomic mass is 35.5. The minimum Gasteiger partial charge on any atom is -0.493 e. The molecule has 1 N–H and O–H groups in total. The Balaban J connectivity index is 2.12. The van der Waals surface area contributed by atoms with Gasteiger partial charge in [0.15, 0.2) is 0 Å². The van der Waals surface area contributed by atoms with Crippen LogP contribution in [0, 0.1) is 5.92 Å². The first-order valence-corrected chi connectivity index (χ1v) is 6.82. The highest BCUT2D eigenvalue weighted by molar-refractivity contribution is 7.99. The van der Waals surface area contributed by atoms with Gasteiger partial charge in [-0.05, 0) is 29.9 Å². The zero-order chi connectivity index (χ0) is 11.8.